The third kappa shape index (κ3) is 5.35. The first-order chi connectivity index (χ1) is 12.3. The first-order valence-corrected chi connectivity index (χ1v) is 10.7. The Morgan fingerprint density at radius 2 is 1.85 bits per heavy atom. The Kier molecular flexibility index (Phi) is 6.88. The third-order valence-corrected chi connectivity index (χ3v) is 6.66. The van der Waals surface area contributed by atoms with Crippen LogP contribution in [0.1, 0.15) is 39.5 Å². The van der Waals surface area contributed by atoms with E-state index in [2.05, 4.69) is 22.3 Å². The van der Waals surface area contributed by atoms with Crippen LogP contribution in [0.3, 0.4) is 0 Å². The second-order valence-electron chi connectivity index (χ2n) is 7.02. The Bertz CT molecular complexity index is 700. The van der Waals surface area contributed by atoms with E-state index in [1.54, 1.807) is 31.2 Å². The molecule has 1 aliphatic rings. The number of hydrogen-bond acceptors (Lipinski definition) is 4. The Hall–Kier alpha value is -1.80. The van der Waals surface area contributed by atoms with E-state index in [1.807, 2.05) is 0 Å². The number of aliphatic hydroxyl groups excluding tert-OH is 1. The Balaban J connectivity index is 1.86. The van der Waals surface area contributed by atoms with Crippen LogP contribution in [0.25, 0.3) is 0 Å². The van der Waals surface area contributed by atoms with Crippen LogP contribution in [-0.2, 0) is 10.0 Å². The van der Waals surface area contributed by atoms with E-state index in [0.717, 1.165) is 25.7 Å². The summed E-state index contributed by atoms with van der Waals surface area (Å²) in [6.07, 6.45) is 4.05. The van der Waals surface area contributed by atoms with Gasteiger partial charge in [0.2, 0.25) is 10.0 Å². The number of urea groups is 1. The van der Waals surface area contributed by atoms with Crippen molar-refractivity contribution in [2.24, 2.45) is 11.3 Å². The van der Waals surface area contributed by atoms with Gasteiger partial charge in [0.25, 0.3) is 0 Å². The van der Waals surface area contributed by atoms with Gasteiger partial charge in [-0.15, -0.1) is 0 Å². The molecule has 0 bridgehead atoms. The quantitative estimate of drug-likeness (QED) is 0.526. The number of sulfonamides is 1. The fraction of sp³-hybridized carbons (Fsp3) is 0.611. The molecule has 1 aromatic carbocycles. The maximum atomic E-state index is 12.2. The molecule has 0 saturated heterocycles. The van der Waals surface area contributed by atoms with Crippen molar-refractivity contribution in [3.63, 3.8) is 0 Å². The summed E-state index contributed by atoms with van der Waals surface area (Å²) in [4.78, 5) is 12.2. The van der Waals surface area contributed by atoms with Crippen LogP contribution in [0.15, 0.2) is 24.3 Å². The SMILES string of the molecule is CCS(=O)(=O)Nc1ccc(NC(=O)NCC2(C(C)CCO)CCC2)cc1. The molecule has 0 aliphatic heterocycles. The van der Waals surface area contributed by atoms with Gasteiger partial charge in [0.1, 0.15) is 0 Å². The van der Waals surface area contributed by atoms with Crippen LogP contribution >= 0.6 is 0 Å². The standard InChI is InChI=1S/C18H29N3O4S/c1-3-26(24,25)21-16-7-5-15(6-8-16)20-17(23)19-13-18(10-4-11-18)14(2)9-12-22/h5-8,14,21-22H,3-4,9-13H2,1-2H3,(H2,19,20,23). The first kappa shape index (κ1) is 20.5. The number of nitrogens with one attached hydrogen (secondary N) is 3. The predicted octanol–water partition coefficient (Wildman–Crippen LogP) is 2.76. The van der Waals surface area contributed by atoms with Gasteiger partial charge in [0, 0.05) is 24.5 Å². The van der Waals surface area contributed by atoms with Crippen LogP contribution < -0.4 is 15.4 Å². The summed E-state index contributed by atoms with van der Waals surface area (Å²) in [7, 11) is -3.31. The summed E-state index contributed by atoms with van der Waals surface area (Å²) >= 11 is 0. The normalized spacial score (nSPS) is 17.0. The summed E-state index contributed by atoms with van der Waals surface area (Å²) in [5, 5.41) is 14.9. The predicted molar refractivity (Wildman–Crippen MR) is 104 cm³/mol. The zero-order valence-electron chi connectivity index (χ0n) is 15.4. The van der Waals surface area contributed by atoms with Gasteiger partial charge in [-0.1, -0.05) is 13.3 Å². The highest BCUT2D eigenvalue weighted by Gasteiger charge is 2.41. The van der Waals surface area contributed by atoms with Crippen LogP contribution in [0.4, 0.5) is 16.2 Å². The molecule has 0 heterocycles. The molecule has 1 saturated carbocycles. The minimum atomic E-state index is -3.31. The zero-order valence-corrected chi connectivity index (χ0v) is 16.2. The van der Waals surface area contributed by atoms with E-state index in [9.17, 15) is 13.2 Å². The van der Waals surface area contributed by atoms with E-state index in [0.29, 0.717) is 23.8 Å². The zero-order chi connectivity index (χ0) is 19.2. The largest absolute Gasteiger partial charge is 0.396 e. The molecule has 4 N–H and O–H groups in total. The lowest BCUT2D eigenvalue weighted by atomic mass is 9.60. The number of benzene rings is 1. The maximum Gasteiger partial charge on any atom is 0.319 e. The number of carbonyl (C=O) groups excluding carboxylic acids is 1. The monoisotopic (exact) mass is 383 g/mol. The fourth-order valence-corrected chi connectivity index (χ4v) is 3.92. The molecule has 1 aliphatic carbocycles. The molecular formula is C18H29N3O4S. The summed E-state index contributed by atoms with van der Waals surface area (Å²) in [5.41, 5.74) is 1.14. The Morgan fingerprint density at radius 1 is 1.23 bits per heavy atom. The molecule has 2 rings (SSSR count). The molecule has 1 atom stereocenters. The second kappa shape index (κ2) is 8.73. The van der Waals surface area contributed by atoms with Gasteiger partial charge in [-0.2, -0.15) is 0 Å². The highest BCUT2D eigenvalue weighted by molar-refractivity contribution is 7.92. The lowest BCUT2D eigenvalue weighted by Crippen LogP contribution is -2.47. The minimum Gasteiger partial charge on any atom is -0.396 e. The van der Waals surface area contributed by atoms with Crippen LogP contribution in [0.2, 0.25) is 0 Å². The number of hydrogen-bond donors (Lipinski definition) is 4. The number of anilines is 2. The second-order valence-corrected chi connectivity index (χ2v) is 9.03. The summed E-state index contributed by atoms with van der Waals surface area (Å²) in [6, 6.07) is 6.25. The number of carbonyl (C=O) groups is 1. The highest BCUT2D eigenvalue weighted by atomic mass is 32.2. The number of rotatable bonds is 9. The smallest absolute Gasteiger partial charge is 0.319 e. The molecule has 0 spiro atoms. The van der Waals surface area contributed by atoms with Crippen molar-refractivity contribution in [1.82, 2.24) is 5.32 Å². The minimum absolute atomic E-state index is 0.00581. The van der Waals surface area contributed by atoms with Crippen molar-refractivity contribution >= 4 is 27.4 Å². The van der Waals surface area contributed by atoms with Crippen LogP contribution in [0, 0.1) is 11.3 Å². The van der Waals surface area contributed by atoms with E-state index in [4.69, 9.17) is 5.11 Å². The van der Waals surface area contributed by atoms with Crippen molar-refractivity contribution in [3.05, 3.63) is 24.3 Å². The van der Waals surface area contributed by atoms with E-state index >= 15 is 0 Å². The first-order valence-electron chi connectivity index (χ1n) is 9.06. The molecule has 8 heteroatoms. The summed E-state index contributed by atoms with van der Waals surface area (Å²) in [6.45, 7) is 4.46. The average molecular weight is 384 g/mol. The van der Waals surface area contributed by atoms with Crippen LogP contribution in [-0.4, -0.2) is 38.5 Å². The van der Waals surface area contributed by atoms with Gasteiger partial charge < -0.3 is 15.7 Å². The lowest BCUT2D eigenvalue weighted by molar-refractivity contribution is 0.0462. The molecule has 2 amide bonds. The molecular weight excluding hydrogens is 354 g/mol. The van der Waals surface area contributed by atoms with Gasteiger partial charge in [0.15, 0.2) is 0 Å². The maximum absolute atomic E-state index is 12.2. The fourth-order valence-electron chi connectivity index (χ4n) is 3.28. The topological polar surface area (TPSA) is 108 Å². The van der Waals surface area contributed by atoms with Gasteiger partial charge in [-0.25, -0.2) is 13.2 Å². The van der Waals surface area contributed by atoms with Crippen molar-refractivity contribution < 1.29 is 18.3 Å². The Morgan fingerprint density at radius 3 is 2.35 bits per heavy atom. The van der Waals surface area contributed by atoms with Gasteiger partial charge in [-0.05, 0) is 61.8 Å². The van der Waals surface area contributed by atoms with Gasteiger partial charge >= 0.3 is 6.03 Å². The van der Waals surface area contributed by atoms with E-state index < -0.39 is 10.0 Å². The lowest BCUT2D eigenvalue weighted by Gasteiger charge is -2.46. The number of aliphatic hydroxyl groups is 1. The number of amides is 2. The molecule has 1 aromatic rings. The van der Waals surface area contributed by atoms with Crippen molar-refractivity contribution in [2.75, 3.05) is 28.9 Å². The Labute approximate surface area is 155 Å². The third-order valence-electron chi connectivity index (χ3n) is 5.35. The molecule has 7 nitrogen and oxygen atoms in total. The molecule has 26 heavy (non-hydrogen) atoms. The van der Waals surface area contributed by atoms with E-state index in [-0.39, 0.29) is 23.8 Å². The van der Waals surface area contributed by atoms with Crippen LogP contribution in [0.5, 0.6) is 0 Å². The summed E-state index contributed by atoms with van der Waals surface area (Å²) in [5.74, 6) is 0.374. The van der Waals surface area contributed by atoms with Gasteiger partial charge in [-0.3, -0.25) is 4.72 Å². The van der Waals surface area contributed by atoms with Crippen molar-refractivity contribution in [1.29, 1.82) is 0 Å². The molecule has 1 fully saturated rings. The highest BCUT2D eigenvalue weighted by Crippen LogP contribution is 2.47. The summed E-state index contributed by atoms with van der Waals surface area (Å²) < 4.78 is 25.5. The molecule has 146 valence electrons. The van der Waals surface area contributed by atoms with Crippen molar-refractivity contribution in [3.8, 4) is 0 Å². The van der Waals surface area contributed by atoms with Crippen molar-refractivity contribution in [2.45, 2.75) is 39.5 Å². The molecule has 1 unspecified atom stereocenters. The molecule has 0 aromatic heterocycles. The average Bonchev–Trinajstić information content (AvgIpc) is 2.56. The van der Waals surface area contributed by atoms with Gasteiger partial charge in [0.05, 0.1) is 5.75 Å². The molecule has 0 radical (unpaired) electrons. The van der Waals surface area contributed by atoms with E-state index in [1.165, 1.54) is 0 Å².